The Labute approximate surface area is 154 Å². The number of hydrogen-bond donors (Lipinski definition) is 2. The third-order valence-electron chi connectivity index (χ3n) is 4.71. The van der Waals surface area contributed by atoms with Crippen LogP contribution in [0.2, 0.25) is 0 Å². The smallest absolute Gasteiger partial charge is 0.347 e. The number of anilines is 1. The van der Waals surface area contributed by atoms with Crippen LogP contribution < -0.4 is 14.8 Å². The summed E-state index contributed by atoms with van der Waals surface area (Å²) in [6, 6.07) is 5.55. The zero-order chi connectivity index (χ0) is 18.3. The van der Waals surface area contributed by atoms with Gasteiger partial charge in [0.25, 0.3) is 0 Å². The van der Waals surface area contributed by atoms with Crippen molar-refractivity contribution in [3.8, 4) is 11.5 Å². The molecule has 1 saturated carbocycles. The number of carboxylic acid groups (broad SMARTS) is 1. The minimum Gasteiger partial charge on any atom is -0.477 e. The number of aryl methyl sites for hydroxylation is 1. The fourth-order valence-electron chi connectivity index (χ4n) is 3.16. The van der Waals surface area contributed by atoms with Gasteiger partial charge in [0, 0.05) is 0 Å². The minimum absolute atomic E-state index is 0.162. The molecule has 0 unspecified atom stereocenters. The summed E-state index contributed by atoms with van der Waals surface area (Å²) >= 11 is 1.01. The van der Waals surface area contributed by atoms with Crippen molar-refractivity contribution in [2.75, 3.05) is 12.1 Å². The molecule has 1 fully saturated rings. The lowest BCUT2D eigenvalue weighted by Gasteiger charge is -2.15. The van der Waals surface area contributed by atoms with Gasteiger partial charge < -0.3 is 19.9 Å². The van der Waals surface area contributed by atoms with Crippen LogP contribution in [-0.2, 0) is 16.6 Å². The highest BCUT2D eigenvalue weighted by molar-refractivity contribution is 7.17. The molecule has 0 bridgehead atoms. The van der Waals surface area contributed by atoms with Gasteiger partial charge >= 0.3 is 5.97 Å². The van der Waals surface area contributed by atoms with E-state index in [9.17, 15) is 14.7 Å². The van der Waals surface area contributed by atoms with Crippen LogP contribution in [-0.4, -0.2) is 28.8 Å². The van der Waals surface area contributed by atoms with Gasteiger partial charge in [0.15, 0.2) is 16.6 Å². The second kappa shape index (κ2) is 6.28. The normalized spacial score (nSPS) is 16.3. The maximum Gasteiger partial charge on any atom is 0.347 e. The van der Waals surface area contributed by atoms with E-state index in [1.807, 2.05) is 25.1 Å². The molecule has 0 saturated heterocycles. The summed E-state index contributed by atoms with van der Waals surface area (Å²) < 4.78 is 10.7. The average molecular weight is 374 g/mol. The van der Waals surface area contributed by atoms with E-state index in [-0.39, 0.29) is 17.6 Å². The van der Waals surface area contributed by atoms with Gasteiger partial charge in [-0.25, -0.2) is 9.78 Å². The van der Waals surface area contributed by atoms with Crippen LogP contribution in [0.1, 0.15) is 47.1 Å². The van der Waals surface area contributed by atoms with Crippen LogP contribution in [0.15, 0.2) is 18.2 Å². The molecule has 7 nitrogen and oxygen atoms in total. The van der Waals surface area contributed by atoms with Crippen LogP contribution in [0.25, 0.3) is 0 Å². The third kappa shape index (κ3) is 2.80. The van der Waals surface area contributed by atoms with Gasteiger partial charge in [-0.3, -0.25) is 4.79 Å². The number of ether oxygens (including phenoxy) is 2. The van der Waals surface area contributed by atoms with Crippen molar-refractivity contribution in [1.29, 1.82) is 0 Å². The zero-order valence-corrected chi connectivity index (χ0v) is 15.0. The molecular weight excluding hydrogens is 356 g/mol. The number of rotatable bonds is 6. The van der Waals surface area contributed by atoms with E-state index in [4.69, 9.17) is 9.47 Å². The van der Waals surface area contributed by atoms with Gasteiger partial charge in [-0.2, -0.15) is 0 Å². The van der Waals surface area contributed by atoms with Crippen molar-refractivity contribution in [3.05, 3.63) is 34.3 Å². The lowest BCUT2D eigenvalue weighted by Crippen LogP contribution is -2.27. The van der Waals surface area contributed by atoms with Crippen LogP contribution in [0, 0.1) is 0 Å². The van der Waals surface area contributed by atoms with Crippen LogP contribution in [0.4, 0.5) is 5.13 Å². The summed E-state index contributed by atoms with van der Waals surface area (Å²) in [6.45, 7) is 2.15. The Morgan fingerprint density at radius 3 is 2.77 bits per heavy atom. The molecule has 2 N–H and O–H groups in total. The van der Waals surface area contributed by atoms with Crippen molar-refractivity contribution in [2.24, 2.45) is 0 Å². The maximum atomic E-state index is 12.9. The molecule has 2 aromatic rings. The molecule has 26 heavy (non-hydrogen) atoms. The van der Waals surface area contributed by atoms with E-state index in [0.29, 0.717) is 28.7 Å². The van der Waals surface area contributed by atoms with Crippen LogP contribution >= 0.6 is 11.3 Å². The number of fused-ring (bicyclic) bond motifs is 1. The maximum absolute atomic E-state index is 12.9. The Balaban J connectivity index is 1.56. The van der Waals surface area contributed by atoms with Crippen LogP contribution in [0.3, 0.4) is 0 Å². The average Bonchev–Trinajstić information content (AvgIpc) is 3.13. The zero-order valence-electron chi connectivity index (χ0n) is 14.2. The quantitative estimate of drug-likeness (QED) is 0.806. The molecule has 136 valence electrons. The molecule has 2 heterocycles. The highest BCUT2D eigenvalue weighted by atomic mass is 32.1. The van der Waals surface area contributed by atoms with Gasteiger partial charge in [-0.15, -0.1) is 0 Å². The molecule has 0 spiro atoms. The summed E-state index contributed by atoms with van der Waals surface area (Å²) in [5.41, 5.74) is 0.789. The first-order chi connectivity index (χ1) is 12.5. The molecule has 0 radical (unpaired) electrons. The van der Waals surface area contributed by atoms with E-state index in [1.54, 1.807) is 0 Å². The number of carbonyl (C=O) groups excluding carboxylic acids is 1. The van der Waals surface area contributed by atoms with E-state index in [0.717, 1.165) is 36.2 Å². The Morgan fingerprint density at radius 1 is 1.31 bits per heavy atom. The molecule has 1 aromatic carbocycles. The lowest BCUT2D eigenvalue weighted by molar-refractivity contribution is -0.118. The summed E-state index contributed by atoms with van der Waals surface area (Å²) in [5, 5.41) is 12.5. The van der Waals surface area contributed by atoms with Crippen molar-refractivity contribution in [1.82, 2.24) is 4.98 Å². The molecule has 1 aromatic heterocycles. The van der Waals surface area contributed by atoms with Gasteiger partial charge in [0.05, 0.1) is 11.1 Å². The summed E-state index contributed by atoms with van der Waals surface area (Å²) in [6.07, 6.45) is 2.83. The van der Waals surface area contributed by atoms with Crippen molar-refractivity contribution >= 4 is 28.3 Å². The molecule has 0 atom stereocenters. The molecule has 1 amide bonds. The number of benzene rings is 1. The van der Waals surface area contributed by atoms with E-state index >= 15 is 0 Å². The third-order valence-corrected chi connectivity index (χ3v) is 5.71. The number of carbonyl (C=O) groups is 2. The second-order valence-electron chi connectivity index (χ2n) is 6.45. The van der Waals surface area contributed by atoms with Crippen molar-refractivity contribution < 1.29 is 24.2 Å². The fraction of sp³-hybridized carbons (Fsp3) is 0.389. The van der Waals surface area contributed by atoms with Crippen LogP contribution in [0.5, 0.6) is 11.5 Å². The highest BCUT2D eigenvalue weighted by Crippen LogP contribution is 2.51. The number of thiazole rings is 1. The first-order valence-electron chi connectivity index (χ1n) is 8.48. The molecule has 2 aliphatic rings. The number of carboxylic acids is 1. The number of aromatic carboxylic acids is 1. The van der Waals surface area contributed by atoms with Gasteiger partial charge in [-0.1, -0.05) is 30.7 Å². The first kappa shape index (κ1) is 16.8. The Bertz CT molecular complexity index is 888. The Morgan fingerprint density at radius 2 is 2.08 bits per heavy atom. The minimum atomic E-state index is -1.01. The summed E-state index contributed by atoms with van der Waals surface area (Å²) in [5.74, 6) is 0.155. The van der Waals surface area contributed by atoms with Gasteiger partial charge in [0.2, 0.25) is 12.7 Å². The molecule has 4 rings (SSSR count). The Hall–Kier alpha value is -2.61. The predicted molar refractivity (Wildman–Crippen MR) is 95.2 cm³/mol. The van der Waals surface area contributed by atoms with Gasteiger partial charge in [-0.05, 0) is 37.0 Å². The predicted octanol–water partition coefficient (Wildman–Crippen LogP) is 3.19. The second-order valence-corrected chi connectivity index (χ2v) is 7.45. The largest absolute Gasteiger partial charge is 0.477 e. The molecule has 8 heteroatoms. The SMILES string of the molecule is CCCc1nc(NC(=O)C2(c3ccc4c(c3)OCO4)CC2)sc1C(=O)O. The Kier molecular flexibility index (Phi) is 4.07. The molecule has 1 aliphatic carbocycles. The van der Waals surface area contributed by atoms with E-state index < -0.39 is 11.4 Å². The number of nitrogens with one attached hydrogen (secondary N) is 1. The number of hydrogen-bond acceptors (Lipinski definition) is 6. The number of aromatic nitrogens is 1. The topological polar surface area (TPSA) is 97.8 Å². The number of amides is 1. The van der Waals surface area contributed by atoms with E-state index in [2.05, 4.69) is 10.3 Å². The lowest BCUT2D eigenvalue weighted by atomic mass is 9.94. The summed E-state index contributed by atoms with van der Waals surface area (Å²) in [4.78, 5) is 28.8. The summed E-state index contributed by atoms with van der Waals surface area (Å²) in [7, 11) is 0. The first-order valence-corrected chi connectivity index (χ1v) is 9.30. The fourth-order valence-corrected chi connectivity index (χ4v) is 4.01. The standard InChI is InChI=1S/C18H18N2O5S/c1-2-3-11-14(15(21)22)26-17(19-11)20-16(23)18(6-7-18)10-4-5-12-13(8-10)25-9-24-12/h4-5,8H,2-3,6-7,9H2,1H3,(H,21,22)(H,19,20,23). The highest BCUT2D eigenvalue weighted by Gasteiger charge is 2.52. The molecule has 1 aliphatic heterocycles. The number of nitrogens with zero attached hydrogens (tertiary/aromatic N) is 1. The van der Waals surface area contributed by atoms with Crippen molar-refractivity contribution in [3.63, 3.8) is 0 Å². The monoisotopic (exact) mass is 374 g/mol. The molecular formula is C18H18N2O5S. The van der Waals surface area contributed by atoms with Crippen molar-refractivity contribution in [2.45, 2.75) is 38.0 Å². The van der Waals surface area contributed by atoms with Gasteiger partial charge in [0.1, 0.15) is 4.88 Å². The van der Waals surface area contributed by atoms with E-state index in [1.165, 1.54) is 0 Å².